The second kappa shape index (κ2) is 9.04. The van der Waals surface area contributed by atoms with Crippen LogP contribution in [-0.4, -0.2) is 55.4 Å². The van der Waals surface area contributed by atoms with Crippen molar-refractivity contribution in [3.63, 3.8) is 0 Å². The molecule has 2 aromatic carbocycles. The van der Waals surface area contributed by atoms with Gasteiger partial charge in [0.1, 0.15) is 0 Å². The predicted molar refractivity (Wildman–Crippen MR) is 129 cm³/mol. The fourth-order valence-corrected chi connectivity index (χ4v) is 8.13. The number of sulfone groups is 1. The maximum absolute atomic E-state index is 12.7. The van der Waals surface area contributed by atoms with Gasteiger partial charge in [0.2, 0.25) is 0 Å². The molecule has 2 aliphatic heterocycles. The van der Waals surface area contributed by atoms with Crippen molar-refractivity contribution in [1.29, 1.82) is 0 Å². The van der Waals surface area contributed by atoms with Crippen LogP contribution in [0.15, 0.2) is 59.6 Å². The molecule has 0 saturated carbocycles. The van der Waals surface area contributed by atoms with E-state index in [1.807, 2.05) is 59.5 Å². The van der Waals surface area contributed by atoms with E-state index < -0.39 is 9.84 Å². The van der Waals surface area contributed by atoms with Crippen molar-refractivity contribution in [2.45, 2.75) is 31.6 Å². The van der Waals surface area contributed by atoms with Gasteiger partial charge in [0.25, 0.3) is 5.91 Å². The molecule has 8 heteroatoms. The van der Waals surface area contributed by atoms with Crippen LogP contribution in [0.2, 0.25) is 0 Å². The number of thioether (sulfide) groups is 1. The van der Waals surface area contributed by atoms with Gasteiger partial charge in [-0.1, -0.05) is 42.1 Å². The van der Waals surface area contributed by atoms with E-state index in [1.165, 1.54) is 11.8 Å². The molecule has 2 heterocycles. The Morgan fingerprint density at radius 2 is 1.74 bits per heavy atom. The van der Waals surface area contributed by atoms with Crippen molar-refractivity contribution < 1.29 is 13.2 Å². The zero-order valence-corrected chi connectivity index (χ0v) is 19.4. The van der Waals surface area contributed by atoms with Crippen molar-refractivity contribution in [2.24, 2.45) is 4.99 Å². The SMILES string of the molecule is CCN(CC)c1ccc(N2C(=NC(=O)Cc3ccccc3)SC3CS(=O)(=O)CC32)cc1. The largest absolute Gasteiger partial charge is 0.372 e. The summed E-state index contributed by atoms with van der Waals surface area (Å²) in [5.41, 5.74) is 2.91. The Bertz CT molecular complexity index is 1070. The van der Waals surface area contributed by atoms with Crippen LogP contribution in [-0.2, 0) is 21.1 Å². The van der Waals surface area contributed by atoms with Crippen LogP contribution >= 0.6 is 11.8 Å². The Labute approximate surface area is 188 Å². The summed E-state index contributed by atoms with van der Waals surface area (Å²) in [4.78, 5) is 21.3. The van der Waals surface area contributed by atoms with Crippen molar-refractivity contribution >= 4 is 44.0 Å². The Kier molecular flexibility index (Phi) is 6.39. The van der Waals surface area contributed by atoms with Gasteiger partial charge in [-0.05, 0) is 43.7 Å². The van der Waals surface area contributed by atoms with E-state index in [-0.39, 0.29) is 35.1 Å². The number of amides is 1. The summed E-state index contributed by atoms with van der Waals surface area (Å²) in [6, 6.07) is 17.4. The lowest BCUT2D eigenvalue weighted by Gasteiger charge is -2.26. The average molecular weight is 458 g/mol. The first-order chi connectivity index (χ1) is 14.9. The third-order valence-electron chi connectivity index (χ3n) is 5.74. The molecule has 2 unspecified atom stereocenters. The van der Waals surface area contributed by atoms with Gasteiger partial charge in [0, 0.05) is 29.7 Å². The van der Waals surface area contributed by atoms with E-state index in [0.29, 0.717) is 5.17 Å². The number of rotatable bonds is 6. The van der Waals surface area contributed by atoms with E-state index in [1.54, 1.807) is 0 Å². The minimum atomic E-state index is -3.09. The lowest BCUT2D eigenvalue weighted by atomic mass is 10.1. The summed E-state index contributed by atoms with van der Waals surface area (Å²) in [5.74, 6) is -0.00216. The topological polar surface area (TPSA) is 70.0 Å². The number of amidine groups is 1. The Balaban J connectivity index is 1.63. The molecule has 2 aliphatic rings. The molecule has 0 N–H and O–H groups in total. The first kappa shape index (κ1) is 21.9. The molecule has 0 bridgehead atoms. The van der Waals surface area contributed by atoms with Crippen LogP contribution in [0.1, 0.15) is 19.4 Å². The number of carbonyl (C=O) groups excluding carboxylic acids is 1. The Morgan fingerprint density at radius 1 is 1.06 bits per heavy atom. The highest BCUT2D eigenvalue weighted by Gasteiger charge is 2.49. The number of carbonyl (C=O) groups is 1. The molecular formula is C23H27N3O3S2. The molecule has 6 nitrogen and oxygen atoms in total. The predicted octanol–water partition coefficient (Wildman–Crippen LogP) is 3.38. The van der Waals surface area contributed by atoms with Crippen molar-refractivity contribution in [1.82, 2.24) is 0 Å². The number of aliphatic imine (C=N–C) groups is 1. The fourth-order valence-electron chi connectivity index (χ4n) is 4.20. The summed E-state index contributed by atoms with van der Waals surface area (Å²) < 4.78 is 24.5. The summed E-state index contributed by atoms with van der Waals surface area (Å²) in [7, 11) is -3.09. The van der Waals surface area contributed by atoms with Gasteiger partial charge in [0.05, 0.1) is 24.0 Å². The van der Waals surface area contributed by atoms with Gasteiger partial charge in [0.15, 0.2) is 15.0 Å². The third-order valence-corrected chi connectivity index (χ3v) is 8.95. The van der Waals surface area contributed by atoms with Gasteiger partial charge in [-0.25, -0.2) is 8.42 Å². The van der Waals surface area contributed by atoms with Crippen LogP contribution in [0, 0.1) is 0 Å². The van der Waals surface area contributed by atoms with E-state index in [9.17, 15) is 13.2 Å². The second-order valence-electron chi connectivity index (χ2n) is 7.81. The molecule has 1 amide bonds. The third kappa shape index (κ3) is 4.80. The maximum atomic E-state index is 12.7. The molecule has 2 atom stereocenters. The highest BCUT2D eigenvalue weighted by molar-refractivity contribution is 8.16. The van der Waals surface area contributed by atoms with Gasteiger partial charge >= 0.3 is 0 Å². The standard InChI is InChI=1S/C23H27N3O3S2/c1-3-25(4-2)18-10-12-19(13-11-18)26-20-15-31(28,29)16-21(20)30-23(26)24-22(27)14-17-8-6-5-7-9-17/h5-13,20-21H,3-4,14-16H2,1-2H3. The first-order valence-corrected chi connectivity index (χ1v) is 13.3. The van der Waals surface area contributed by atoms with Gasteiger partial charge in [-0.2, -0.15) is 4.99 Å². The highest BCUT2D eigenvalue weighted by Crippen LogP contribution is 2.41. The van der Waals surface area contributed by atoms with Gasteiger partial charge in [-0.3, -0.25) is 4.79 Å². The Hall–Kier alpha value is -2.32. The summed E-state index contributed by atoms with van der Waals surface area (Å²) in [5, 5.41) is 0.497. The maximum Gasteiger partial charge on any atom is 0.252 e. The minimum absolute atomic E-state index is 0.0916. The van der Waals surface area contributed by atoms with Crippen LogP contribution in [0.5, 0.6) is 0 Å². The lowest BCUT2D eigenvalue weighted by molar-refractivity contribution is -0.117. The van der Waals surface area contributed by atoms with E-state index in [2.05, 4.69) is 23.7 Å². The molecule has 31 heavy (non-hydrogen) atoms. The molecule has 0 aliphatic carbocycles. The van der Waals surface area contributed by atoms with Crippen molar-refractivity contribution in [3.05, 3.63) is 60.2 Å². The van der Waals surface area contributed by atoms with Crippen molar-refractivity contribution in [3.8, 4) is 0 Å². The second-order valence-corrected chi connectivity index (χ2v) is 11.2. The monoisotopic (exact) mass is 457 g/mol. The molecule has 2 saturated heterocycles. The number of hydrogen-bond donors (Lipinski definition) is 0. The minimum Gasteiger partial charge on any atom is -0.372 e. The van der Waals surface area contributed by atoms with Gasteiger partial charge < -0.3 is 9.80 Å². The fraction of sp³-hybridized carbons (Fsp3) is 0.391. The highest BCUT2D eigenvalue weighted by atomic mass is 32.2. The van der Waals surface area contributed by atoms with Gasteiger partial charge in [-0.15, -0.1) is 0 Å². The number of nitrogens with zero attached hydrogens (tertiary/aromatic N) is 3. The average Bonchev–Trinajstić information content (AvgIpc) is 3.21. The molecule has 4 rings (SSSR count). The summed E-state index contributed by atoms with van der Waals surface area (Å²) in [6.45, 7) is 6.06. The molecule has 0 radical (unpaired) electrons. The smallest absolute Gasteiger partial charge is 0.252 e. The number of fused-ring (bicyclic) bond motifs is 1. The molecular weight excluding hydrogens is 430 g/mol. The number of anilines is 2. The zero-order chi connectivity index (χ0) is 22.0. The first-order valence-electron chi connectivity index (χ1n) is 10.6. The molecule has 0 aromatic heterocycles. The quantitative estimate of drug-likeness (QED) is 0.662. The molecule has 2 aromatic rings. The molecule has 2 fully saturated rings. The van der Waals surface area contributed by atoms with Crippen molar-refractivity contribution in [2.75, 3.05) is 34.4 Å². The molecule has 164 valence electrons. The normalized spacial score (nSPS) is 23.2. The number of hydrogen-bond acceptors (Lipinski definition) is 5. The summed E-state index contributed by atoms with van der Waals surface area (Å²) >= 11 is 1.41. The van der Waals surface area contributed by atoms with Crippen LogP contribution in [0.25, 0.3) is 0 Å². The number of benzene rings is 2. The Morgan fingerprint density at radius 3 is 2.39 bits per heavy atom. The lowest BCUT2D eigenvalue weighted by Crippen LogP contribution is -2.37. The van der Waals surface area contributed by atoms with Crippen LogP contribution < -0.4 is 9.80 Å². The van der Waals surface area contributed by atoms with E-state index >= 15 is 0 Å². The van der Waals surface area contributed by atoms with E-state index in [0.717, 1.165) is 30.0 Å². The van der Waals surface area contributed by atoms with E-state index in [4.69, 9.17) is 0 Å². The van der Waals surface area contributed by atoms with Crippen LogP contribution in [0.3, 0.4) is 0 Å². The summed E-state index contributed by atoms with van der Waals surface area (Å²) in [6.07, 6.45) is 0.229. The zero-order valence-electron chi connectivity index (χ0n) is 17.8. The van der Waals surface area contributed by atoms with Crippen LogP contribution in [0.4, 0.5) is 11.4 Å². The molecule has 0 spiro atoms.